The van der Waals surface area contributed by atoms with Gasteiger partial charge in [-0.05, 0) is 73.5 Å². The maximum absolute atomic E-state index is 13.0. The average molecular weight is 578 g/mol. The fraction of sp³-hybridized carbons (Fsp3) is 0.758. The zero-order valence-corrected chi connectivity index (χ0v) is 27.4. The molecule has 1 aromatic carbocycles. The number of aliphatic hydroxyl groups excluding tert-OH is 1. The molecule has 0 radical (unpaired) electrons. The van der Waals surface area contributed by atoms with Gasteiger partial charge in [0.15, 0.2) is 0 Å². The molecule has 41 heavy (non-hydrogen) atoms. The monoisotopic (exact) mass is 577 g/mol. The van der Waals surface area contributed by atoms with E-state index in [2.05, 4.69) is 58.1 Å². The zero-order valence-electron chi connectivity index (χ0n) is 27.4. The molecular formula is C33H59N3O5. The second-order valence-electron chi connectivity index (χ2n) is 14.0. The molecule has 6 N–H and O–H groups in total. The van der Waals surface area contributed by atoms with Gasteiger partial charge in [-0.25, -0.2) is 0 Å². The van der Waals surface area contributed by atoms with Gasteiger partial charge in [0.25, 0.3) is 0 Å². The first-order chi connectivity index (χ1) is 18.9. The van der Waals surface area contributed by atoms with Crippen LogP contribution in [0.4, 0.5) is 0 Å². The van der Waals surface area contributed by atoms with Gasteiger partial charge >= 0.3 is 0 Å². The van der Waals surface area contributed by atoms with Crippen molar-refractivity contribution in [1.82, 2.24) is 5.32 Å². The van der Waals surface area contributed by atoms with E-state index in [9.17, 15) is 14.7 Å². The van der Waals surface area contributed by atoms with Crippen molar-refractivity contribution >= 4 is 11.8 Å². The molecule has 8 heteroatoms. The van der Waals surface area contributed by atoms with Crippen LogP contribution in [-0.4, -0.2) is 55.9 Å². The molecule has 0 fully saturated rings. The zero-order chi connectivity index (χ0) is 31.5. The molecule has 2 amide bonds. The van der Waals surface area contributed by atoms with Crippen LogP contribution in [0.1, 0.15) is 92.7 Å². The number of carbonyl (C=O) groups is 2. The van der Waals surface area contributed by atoms with Crippen LogP contribution in [0, 0.1) is 29.1 Å². The Morgan fingerprint density at radius 3 is 2.15 bits per heavy atom. The van der Waals surface area contributed by atoms with E-state index in [1.54, 1.807) is 21.0 Å². The quantitative estimate of drug-likeness (QED) is 0.189. The van der Waals surface area contributed by atoms with E-state index in [-0.39, 0.29) is 36.1 Å². The highest BCUT2D eigenvalue weighted by atomic mass is 16.5. The number of aliphatic hydroxyl groups is 1. The fourth-order valence-corrected chi connectivity index (χ4v) is 4.86. The van der Waals surface area contributed by atoms with Gasteiger partial charge in [0.2, 0.25) is 11.8 Å². The Kier molecular flexibility index (Phi) is 14.8. The van der Waals surface area contributed by atoms with Crippen molar-refractivity contribution in [2.45, 2.75) is 106 Å². The minimum absolute atomic E-state index is 0.00178. The van der Waals surface area contributed by atoms with Crippen molar-refractivity contribution < 1.29 is 24.2 Å². The molecule has 0 aromatic heterocycles. The summed E-state index contributed by atoms with van der Waals surface area (Å²) >= 11 is 0. The molecule has 0 saturated carbocycles. The second kappa shape index (κ2) is 16.5. The lowest BCUT2D eigenvalue weighted by Crippen LogP contribution is -2.46. The van der Waals surface area contributed by atoms with Crippen LogP contribution in [0.2, 0.25) is 0 Å². The van der Waals surface area contributed by atoms with Gasteiger partial charge in [-0.2, -0.15) is 0 Å². The van der Waals surface area contributed by atoms with Crippen LogP contribution < -0.4 is 21.5 Å². The van der Waals surface area contributed by atoms with E-state index in [1.807, 2.05) is 13.8 Å². The molecule has 0 unspecified atom stereocenters. The van der Waals surface area contributed by atoms with Crippen molar-refractivity contribution in [3.8, 4) is 5.75 Å². The lowest BCUT2D eigenvalue weighted by atomic mass is 9.80. The summed E-state index contributed by atoms with van der Waals surface area (Å²) in [5, 5.41) is 14.0. The third-order valence-electron chi connectivity index (χ3n) is 8.12. The molecule has 0 aliphatic rings. The van der Waals surface area contributed by atoms with Crippen molar-refractivity contribution in [3.63, 3.8) is 0 Å². The Hall–Kier alpha value is -2.16. The van der Waals surface area contributed by atoms with Gasteiger partial charge in [0.1, 0.15) is 5.75 Å². The lowest BCUT2D eigenvalue weighted by molar-refractivity contribution is -0.130. The number of amides is 2. The standard InChI is InChI=1S/C33H59N3O5/c1-21(2)24(16-23-12-13-26(32(5,6)7)29(17-23)41-15-11-14-40-10)18-27(34)28(37)19-25(22(3)4)30(38)36-20-33(8,9)31(35)39/h12-13,17,21-22,24-25,27-28,37H,11,14-16,18-20,34H2,1-10H3,(H2,35,39)(H,36,38)/t24-,25+,27-,28-/m0/s1. The van der Waals surface area contributed by atoms with Crippen LogP contribution in [-0.2, 0) is 26.2 Å². The van der Waals surface area contributed by atoms with Crippen LogP contribution in [0.25, 0.3) is 0 Å². The molecule has 0 saturated heterocycles. The Labute approximate surface area is 249 Å². The number of primary amides is 1. The number of hydrogen-bond acceptors (Lipinski definition) is 6. The maximum Gasteiger partial charge on any atom is 0.224 e. The number of carbonyl (C=O) groups excluding carboxylic acids is 2. The van der Waals surface area contributed by atoms with Gasteiger partial charge in [-0.1, -0.05) is 60.6 Å². The minimum atomic E-state index is -0.851. The molecule has 236 valence electrons. The molecule has 0 aliphatic heterocycles. The van der Waals surface area contributed by atoms with E-state index in [0.717, 1.165) is 18.6 Å². The average Bonchev–Trinajstić information content (AvgIpc) is 2.86. The molecule has 8 nitrogen and oxygen atoms in total. The molecule has 1 rings (SSSR count). The Bertz CT molecular complexity index is 955. The first kappa shape index (κ1) is 36.9. The number of hydrogen-bond donors (Lipinski definition) is 4. The summed E-state index contributed by atoms with van der Waals surface area (Å²) in [4.78, 5) is 24.6. The summed E-state index contributed by atoms with van der Waals surface area (Å²) in [5.41, 5.74) is 13.5. The summed E-state index contributed by atoms with van der Waals surface area (Å²) < 4.78 is 11.4. The largest absolute Gasteiger partial charge is 0.493 e. The Balaban J connectivity index is 2.97. The molecule has 1 aromatic rings. The lowest BCUT2D eigenvalue weighted by Gasteiger charge is -2.31. The highest BCUT2D eigenvalue weighted by Crippen LogP contribution is 2.34. The number of rotatable bonds is 18. The second-order valence-corrected chi connectivity index (χ2v) is 14.0. The predicted molar refractivity (Wildman–Crippen MR) is 167 cm³/mol. The van der Waals surface area contributed by atoms with E-state index in [0.29, 0.717) is 25.6 Å². The van der Waals surface area contributed by atoms with Gasteiger partial charge in [0, 0.05) is 38.6 Å². The normalized spacial score (nSPS) is 15.5. The van der Waals surface area contributed by atoms with Crippen LogP contribution in [0.3, 0.4) is 0 Å². The minimum Gasteiger partial charge on any atom is -0.493 e. The van der Waals surface area contributed by atoms with Gasteiger partial charge < -0.3 is 31.4 Å². The molecule has 0 aliphatic carbocycles. The SMILES string of the molecule is COCCCOc1cc(C[C@@H](C[C@H](N)[C@@H](O)C[C@@H](C(=O)NCC(C)(C)C(N)=O)C(C)C)C(C)C)ccc1C(C)(C)C. The number of nitrogens with two attached hydrogens (primary N) is 2. The summed E-state index contributed by atoms with van der Waals surface area (Å²) in [6, 6.07) is 6.01. The summed E-state index contributed by atoms with van der Waals surface area (Å²) in [6.07, 6.45) is 1.69. The first-order valence-electron chi connectivity index (χ1n) is 15.2. The third-order valence-corrected chi connectivity index (χ3v) is 8.12. The van der Waals surface area contributed by atoms with Gasteiger partial charge in [-0.15, -0.1) is 0 Å². The topological polar surface area (TPSA) is 137 Å². The molecule has 0 spiro atoms. The first-order valence-corrected chi connectivity index (χ1v) is 15.2. The van der Waals surface area contributed by atoms with Crippen LogP contribution in [0.5, 0.6) is 5.75 Å². The number of methoxy groups -OCH3 is 1. The maximum atomic E-state index is 13.0. The van der Waals surface area contributed by atoms with E-state index in [4.69, 9.17) is 20.9 Å². The van der Waals surface area contributed by atoms with Crippen molar-refractivity contribution in [1.29, 1.82) is 0 Å². The summed E-state index contributed by atoms with van der Waals surface area (Å²) in [7, 11) is 1.69. The van der Waals surface area contributed by atoms with Crippen LogP contribution >= 0.6 is 0 Å². The van der Waals surface area contributed by atoms with E-state index >= 15 is 0 Å². The molecular weight excluding hydrogens is 518 g/mol. The van der Waals surface area contributed by atoms with Gasteiger partial charge in [0.05, 0.1) is 18.1 Å². The molecule has 0 heterocycles. The van der Waals surface area contributed by atoms with Crippen molar-refractivity contribution in [2.24, 2.45) is 40.6 Å². The highest BCUT2D eigenvalue weighted by Gasteiger charge is 2.32. The highest BCUT2D eigenvalue weighted by molar-refractivity contribution is 5.83. The number of benzene rings is 1. The van der Waals surface area contributed by atoms with Crippen LogP contribution in [0.15, 0.2) is 18.2 Å². The smallest absolute Gasteiger partial charge is 0.224 e. The Morgan fingerprint density at radius 1 is 1.00 bits per heavy atom. The predicted octanol–water partition coefficient (Wildman–Crippen LogP) is 4.58. The van der Waals surface area contributed by atoms with Crippen molar-refractivity contribution in [2.75, 3.05) is 26.9 Å². The molecule has 4 atom stereocenters. The summed E-state index contributed by atoms with van der Waals surface area (Å²) in [5.74, 6) is 0.392. The third kappa shape index (κ3) is 12.3. The molecule has 0 bridgehead atoms. The van der Waals surface area contributed by atoms with Crippen molar-refractivity contribution in [3.05, 3.63) is 29.3 Å². The van der Waals surface area contributed by atoms with E-state index < -0.39 is 29.4 Å². The fourth-order valence-electron chi connectivity index (χ4n) is 4.86. The Morgan fingerprint density at radius 2 is 1.63 bits per heavy atom. The van der Waals surface area contributed by atoms with Gasteiger partial charge in [-0.3, -0.25) is 9.59 Å². The van der Waals surface area contributed by atoms with E-state index in [1.165, 1.54) is 11.1 Å². The summed E-state index contributed by atoms with van der Waals surface area (Å²) in [6.45, 7) is 19.6. The number of nitrogens with one attached hydrogen (secondary N) is 1. The number of ether oxygens (including phenoxy) is 2.